The van der Waals surface area contributed by atoms with Gasteiger partial charge in [0.1, 0.15) is 0 Å². The van der Waals surface area contributed by atoms with Crippen molar-refractivity contribution in [2.45, 2.75) is 57.4 Å². The van der Waals surface area contributed by atoms with Crippen LogP contribution in [-0.4, -0.2) is 31.6 Å². The smallest absolute Gasteiger partial charge is 0.305 e. The van der Waals surface area contributed by atoms with Crippen LogP contribution in [0.15, 0.2) is 4.99 Å². The van der Waals surface area contributed by atoms with Gasteiger partial charge in [0.2, 0.25) is 0 Å². The third-order valence-corrected chi connectivity index (χ3v) is 3.26. The Kier molecular flexibility index (Phi) is 7.22. The molecule has 0 aliphatic heterocycles. The molecule has 1 rings (SSSR count). The number of nitrogens with one attached hydrogen (secondary N) is 1. The fraction of sp³-hybridized carbons (Fsp3) is 0.846. The Bertz CT molecular complexity index is 271. The van der Waals surface area contributed by atoms with Crippen molar-refractivity contribution in [3.05, 3.63) is 0 Å². The molecular weight excluding hydrogens is 230 g/mol. The Balaban J connectivity index is 2.17. The summed E-state index contributed by atoms with van der Waals surface area (Å²) in [5.41, 5.74) is 5.83. The summed E-state index contributed by atoms with van der Waals surface area (Å²) in [6.45, 7) is 0.570. The van der Waals surface area contributed by atoms with Crippen LogP contribution >= 0.6 is 0 Å². The predicted molar refractivity (Wildman–Crippen MR) is 72.4 cm³/mol. The van der Waals surface area contributed by atoms with Gasteiger partial charge in [-0.05, 0) is 19.3 Å². The van der Waals surface area contributed by atoms with Crippen LogP contribution in [0.2, 0.25) is 0 Å². The minimum Gasteiger partial charge on any atom is -0.469 e. The Morgan fingerprint density at radius 2 is 2.00 bits per heavy atom. The number of carbonyl (C=O) groups is 1. The third kappa shape index (κ3) is 6.47. The van der Waals surface area contributed by atoms with E-state index in [1.54, 1.807) is 0 Å². The molecule has 0 spiro atoms. The van der Waals surface area contributed by atoms with Crippen molar-refractivity contribution in [2.75, 3.05) is 13.7 Å². The molecule has 1 saturated carbocycles. The standard InChI is InChI=1S/C13H25N3O2/c1-18-12(17)9-6-10-15-13(14)16-11-7-4-2-3-5-8-11/h11H,2-10H2,1H3,(H3,14,15,16). The summed E-state index contributed by atoms with van der Waals surface area (Å²) in [4.78, 5) is 15.1. The Labute approximate surface area is 109 Å². The molecule has 0 saturated heterocycles. The number of nitrogens with zero attached hydrogens (tertiary/aromatic N) is 1. The summed E-state index contributed by atoms with van der Waals surface area (Å²) in [6, 6.07) is 0.469. The van der Waals surface area contributed by atoms with Gasteiger partial charge in [0.25, 0.3) is 0 Å². The highest BCUT2D eigenvalue weighted by Gasteiger charge is 2.12. The van der Waals surface area contributed by atoms with Gasteiger partial charge >= 0.3 is 5.97 Å². The molecule has 1 aliphatic carbocycles. The second-order valence-electron chi connectivity index (χ2n) is 4.78. The zero-order chi connectivity index (χ0) is 13.2. The molecule has 0 unspecified atom stereocenters. The zero-order valence-electron chi connectivity index (χ0n) is 11.3. The molecule has 5 heteroatoms. The van der Waals surface area contributed by atoms with E-state index in [-0.39, 0.29) is 5.97 Å². The van der Waals surface area contributed by atoms with E-state index in [1.165, 1.54) is 45.6 Å². The van der Waals surface area contributed by atoms with E-state index in [0.29, 0.717) is 31.4 Å². The number of nitrogens with two attached hydrogens (primary N) is 1. The van der Waals surface area contributed by atoms with E-state index in [4.69, 9.17) is 5.73 Å². The van der Waals surface area contributed by atoms with E-state index in [1.807, 2.05) is 0 Å². The summed E-state index contributed by atoms with van der Waals surface area (Å²) < 4.78 is 4.56. The van der Waals surface area contributed by atoms with Gasteiger partial charge in [0.05, 0.1) is 7.11 Å². The number of carbonyl (C=O) groups excluding carboxylic acids is 1. The lowest BCUT2D eigenvalue weighted by Crippen LogP contribution is -2.39. The molecule has 0 radical (unpaired) electrons. The SMILES string of the molecule is COC(=O)CCCN=C(N)NC1CCCCCC1. The highest BCUT2D eigenvalue weighted by atomic mass is 16.5. The number of rotatable bonds is 5. The summed E-state index contributed by atoms with van der Waals surface area (Å²) in [7, 11) is 1.40. The summed E-state index contributed by atoms with van der Waals surface area (Å²) in [6.07, 6.45) is 8.64. The van der Waals surface area contributed by atoms with Gasteiger partial charge in [-0.25, -0.2) is 0 Å². The first-order valence-electron chi connectivity index (χ1n) is 6.85. The fourth-order valence-corrected chi connectivity index (χ4v) is 2.20. The van der Waals surface area contributed by atoms with Crippen LogP contribution in [0.1, 0.15) is 51.4 Å². The summed E-state index contributed by atoms with van der Waals surface area (Å²) in [5.74, 6) is 0.312. The molecule has 18 heavy (non-hydrogen) atoms. The number of aliphatic imine (C=N–C) groups is 1. The topological polar surface area (TPSA) is 76.7 Å². The average molecular weight is 255 g/mol. The number of esters is 1. The van der Waals surface area contributed by atoms with E-state index in [2.05, 4.69) is 15.0 Å². The lowest BCUT2D eigenvalue weighted by atomic mass is 10.1. The van der Waals surface area contributed by atoms with Crippen molar-refractivity contribution < 1.29 is 9.53 Å². The molecular formula is C13H25N3O2. The zero-order valence-corrected chi connectivity index (χ0v) is 11.3. The highest BCUT2D eigenvalue weighted by molar-refractivity contribution is 5.78. The van der Waals surface area contributed by atoms with Crippen LogP contribution in [0, 0.1) is 0 Å². The van der Waals surface area contributed by atoms with Crippen molar-refractivity contribution in [1.29, 1.82) is 0 Å². The predicted octanol–water partition coefficient (Wildman–Crippen LogP) is 1.57. The number of ether oxygens (including phenoxy) is 1. The molecule has 3 N–H and O–H groups in total. The monoisotopic (exact) mass is 255 g/mol. The van der Waals surface area contributed by atoms with Crippen molar-refractivity contribution in [2.24, 2.45) is 10.7 Å². The fourth-order valence-electron chi connectivity index (χ4n) is 2.20. The molecule has 1 aliphatic rings. The molecule has 1 fully saturated rings. The van der Waals surface area contributed by atoms with Crippen molar-refractivity contribution in [3.8, 4) is 0 Å². The van der Waals surface area contributed by atoms with Gasteiger partial charge in [0.15, 0.2) is 5.96 Å². The van der Waals surface area contributed by atoms with Gasteiger partial charge in [-0.2, -0.15) is 0 Å². The average Bonchev–Trinajstić information content (AvgIpc) is 2.63. The maximum Gasteiger partial charge on any atom is 0.305 e. The van der Waals surface area contributed by atoms with Gasteiger partial charge in [-0.15, -0.1) is 0 Å². The van der Waals surface area contributed by atoms with Gasteiger partial charge in [-0.1, -0.05) is 25.7 Å². The minimum atomic E-state index is -0.194. The maximum absolute atomic E-state index is 10.9. The van der Waals surface area contributed by atoms with E-state index >= 15 is 0 Å². The Hall–Kier alpha value is -1.26. The number of guanidine groups is 1. The molecule has 0 amide bonds. The van der Waals surface area contributed by atoms with E-state index in [0.717, 1.165) is 0 Å². The molecule has 0 bridgehead atoms. The van der Waals surface area contributed by atoms with Crippen LogP contribution in [0.3, 0.4) is 0 Å². The first-order chi connectivity index (χ1) is 8.72. The molecule has 104 valence electrons. The third-order valence-electron chi connectivity index (χ3n) is 3.26. The number of hydrogen-bond donors (Lipinski definition) is 2. The van der Waals surface area contributed by atoms with Crippen LogP contribution in [0.25, 0.3) is 0 Å². The van der Waals surface area contributed by atoms with E-state index in [9.17, 15) is 4.79 Å². The lowest BCUT2D eigenvalue weighted by molar-refractivity contribution is -0.140. The lowest BCUT2D eigenvalue weighted by Gasteiger charge is -2.16. The van der Waals surface area contributed by atoms with Gasteiger partial charge in [0, 0.05) is 19.0 Å². The highest BCUT2D eigenvalue weighted by Crippen LogP contribution is 2.16. The van der Waals surface area contributed by atoms with Crippen LogP contribution in [0.5, 0.6) is 0 Å². The van der Waals surface area contributed by atoms with Crippen molar-refractivity contribution >= 4 is 11.9 Å². The van der Waals surface area contributed by atoms with Crippen molar-refractivity contribution in [1.82, 2.24) is 5.32 Å². The molecule has 0 aromatic carbocycles. The first kappa shape index (κ1) is 14.8. The van der Waals surface area contributed by atoms with Gasteiger partial charge < -0.3 is 15.8 Å². The quantitative estimate of drug-likeness (QED) is 0.257. The maximum atomic E-state index is 10.9. The van der Waals surface area contributed by atoms with Crippen molar-refractivity contribution in [3.63, 3.8) is 0 Å². The summed E-state index contributed by atoms with van der Waals surface area (Å²) in [5, 5.41) is 3.27. The minimum absolute atomic E-state index is 0.194. The Morgan fingerprint density at radius 1 is 1.33 bits per heavy atom. The second-order valence-corrected chi connectivity index (χ2v) is 4.78. The Morgan fingerprint density at radius 3 is 2.61 bits per heavy atom. The summed E-state index contributed by atoms with van der Waals surface area (Å²) >= 11 is 0. The number of methoxy groups -OCH3 is 1. The first-order valence-corrected chi connectivity index (χ1v) is 6.85. The second kappa shape index (κ2) is 8.78. The molecule has 0 heterocycles. The molecule has 0 atom stereocenters. The van der Waals surface area contributed by atoms with E-state index < -0.39 is 0 Å². The normalized spacial score (nSPS) is 18.2. The number of hydrogen-bond acceptors (Lipinski definition) is 3. The van der Waals surface area contributed by atoms with Crippen LogP contribution < -0.4 is 11.1 Å². The van der Waals surface area contributed by atoms with Crippen LogP contribution in [-0.2, 0) is 9.53 Å². The molecule has 5 nitrogen and oxygen atoms in total. The molecule has 0 aromatic rings. The van der Waals surface area contributed by atoms with Crippen LogP contribution in [0.4, 0.5) is 0 Å². The van der Waals surface area contributed by atoms with Gasteiger partial charge in [-0.3, -0.25) is 9.79 Å². The largest absolute Gasteiger partial charge is 0.469 e. The molecule has 0 aromatic heterocycles.